The number of hydrogen-bond donors (Lipinski definition) is 1. The van der Waals surface area contributed by atoms with Crippen molar-refractivity contribution >= 4 is 27.6 Å². The second kappa shape index (κ2) is 11.2. The second-order valence-electron chi connectivity index (χ2n) is 10.1. The molecular weight excluding hydrogens is 503 g/mol. The van der Waals surface area contributed by atoms with Crippen molar-refractivity contribution in [2.24, 2.45) is 5.92 Å². The van der Waals surface area contributed by atoms with Crippen LogP contribution in [0, 0.1) is 5.92 Å². The van der Waals surface area contributed by atoms with Gasteiger partial charge in [0.25, 0.3) is 5.89 Å². The molecule has 1 aromatic heterocycles. The van der Waals surface area contributed by atoms with Gasteiger partial charge in [0.05, 0.1) is 5.60 Å². The number of piperidine rings is 1. The Hall–Kier alpha value is -2.00. The summed E-state index contributed by atoms with van der Waals surface area (Å²) in [6.45, 7) is 8.35. The molecule has 2 heterocycles. The summed E-state index contributed by atoms with van der Waals surface area (Å²) >= 11 is 3.51. The van der Waals surface area contributed by atoms with Gasteiger partial charge >= 0.3 is 6.03 Å². The highest BCUT2D eigenvalue weighted by Crippen LogP contribution is 2.29. The number of halogens is 2. The fraction of sp³-hybridized carbons (Fsp3) is 0.640. The highest BCUT2D eigenvalue weighted by atomic mass is 79.9. The fourth-order valence-corrected chi connectivity index (χ4v) is 4.64. The van der Waals surface area contributed by atoms with E-state index in [4.69, 9.17) is 4.52 Å². The number of likely N-dealkylation sites (tertiary alicyclic amines) is 1. The average molecular weight is 539 g/mol. The molecule has 1 N–H and O–H groups in total. The van der Waals surface area contributed by atoms with E-state index in [-0.39, 0.29) is 17.8 Å². The maximum atomic E-state index is 13.9. The van der Waals surface area contributed by atoms with Gasteiger partial charge < -0.3 is 14.5 Å². The molecule has 7 nitrogen and oxygen atoms in total. The Kier molecular flexibility index (Phi) is 8.73. The van der Waals surface area contributed by atoms with Gasteiger partial charge in [-0.25, -0.2) is 9.18 Å². The number of unbranched alkanes of at least 4 members (excludes halogenated alkanes) is 2. The molecule has 1 aromatic carbocycles. The number of aromatic nitrogens is 2. The van der Waals surface area contributed by atoms with Crippen LogP contribution in [0.25, 0.3) is 0 Å². The number of carbonyl (C=O) groups excluding carboxylic acids is 1. The number of urea groups is 1. The quantitative estimate of drug-likeness (QED) is 0.404. The van der Waals surface area contributed by atoms with Crippen LogP contribution in [0.4, 0.5) is 14.9 Å². The van der Waals surface area contributed by atoms with Gasteiger partial charge in [0.15, 0.2) is 11.5 Å². The summed E-state index contributed by atoms with van der Waals surface area (Å²) in [6, 6.07) is 7.78. The van der Waals surface area contributed by atoms with Crippen LogP contribution in [0.1, 0.15) is 71.5 Å². The van der Waals surface area contributed by atoms with Crippen molar-refractivity contribution in [2.45, 2.75) is 77.5 Å². The van der Waals surface area contributed by atoms with Crippen molar-refractivity contribution in [3.8, 4) is 0 Å². The number of hydrogen-bond acceptors (Lipinski definition) is 5. The number of rotatable bonds is 9. The van der Waals surface area contributed by atoms with Crippen LogP contribution in [0.5, 0.6) is 0 Å². The van der Waals surface area contributed by atoms with E-state index < -0.39 is 11.3 Å². The Labute approximate surface area is 209 Å². The van der Waals surface area contributed by atoms with Crippen LogP contribution >= 0.6 is 15.9 Å². The summed E-state index contributed by atoms with van der Waals surface area (Å²) in [7, 11) is 0. The maximum Gasteiger partial charge on any atom is 0.324 e. The number of aliphatic hydroxyl groups is 1. The van der Waals surface area contributed by atoms with Gasteiger partial charge in [-0.05, 0) is 77.5 Å². The molecule has 9 heteroatoms. The highest BCUT2D eigenvalue weighted by molar-refractivity contribution is 9.10. The van der Waals surface area contributed by atoms with Crippen molar-refractivity contribution in [3.05, 3.63) is 40.5 Å². The van der Waals surface area contributed by atoms with Crippen molar-refractivity contribution in [3.63, 3.8) is 0 Å². The molecule has 0 atom stereocenters. The lowest BCUT2D eigenvalue weighted by molar-refractivity contribution is -0.00735. The lowest BCUT2D eigenvalue weighted by Gasteiger charge is -2.39. The molecule has 2 amide bonds. The molecule has 188 valence electrons. The Morgan fingerprint density at radius 1 is 1.24 bits per heavy atom. The first-order valence-electron chi connectivity index (χ1n) is 12.0. The Bertz CT molecular complexity index is 946. The fourth-order valence-electron chi connectivity index (χ4n) is 4.25. The van der Waals surface area contributed by atoms with Crippen molar-refractivity contribution in [2.75, 3.05) is 24.5 Å². The van der Waals surface area contributed by atoms with Crippen molar-refractivity contribution in [1.82, 2.24) is 15.0 Å². The minimum atomic E-state index is -1.64. The number of alkyl halides is 1. The first kappa shape index (κ1) is 26.6. The number of amides is 2. The van der Waals surface area contributed by atoms with E-state index in [9.17, 15) is 14.3 Å². The Balaban J connectivity index is 1.56. The van der Waals surface area contributed by atoms with E-state index >= 15 is 0 Å². The van der Waals surface area contributed by atoms with Crippen LogP contribution in [-0.2, 0) is 12.1 Å². The second-order valence-corrected chi connectivity index (χ2v) is 11.0. The van der Waals surface area contributed by atoms with Crippen molar-refractivity contribution < 1.29 is 18.8 Å². The number of benzene rings is 1. The van der Waals surface area contributed by atoms with Crippen LogP contribution in [0.3, 0.4) is 0 Å². The standard InChI is InChI=1S/C25H36BrFN4O3/c1-24(2,27)22-28-21(29-34-22)11-6-5-7-14-31(20-10-8-9-19(26)17-20)23(32)30-15-12-18(13-16-30)25(3,4)33/h8-10,17-18,33H,5-7,11-16H2,1-4H3. The zero-order chi connectivity index (χ0) is 24.9. The van der Waals surface area contributed by atoms with E-state index in [1.165, 1.54) is 13.8 Å². The average Bonchev–Trinajstić information content (AvgIpc) is 3.25. The van der Waals surface area contributed by atoms with Gasteiger partial charge in [-0.2, -0.15) is 4.98 Å². The molecule has 2 aromatic rings. The lowest BCUT2D eigenvalue weighted by atomic mass is 9.83. The summed E-state index contributed by atoms with van der Waals surface area (Å²) in [5, 5.41) is 14.2. The van der Waals surface area contributed by atoms with E-state index in [2.05, 4.69) is 26.1 Å². The number of aryl methyl sites for hydroxylation is 1. The smallest absolute Gasteiger partial charge is 0.324 e. The summed E-state index contributed by atoms with van der Waals surface area (Å²) in [5.74, 6) is 0.710. The highest BCUT2D eigenvalue weighted by Gasteiger charge is 2.33. The first-order valence-corrected chi connectivity index (χ1v) is 12.8. The first-order chi connectivity index (χ1) is 15.9. The normalized spacial score (nSPS) is 15.6. The van der Waals surface area contributed by atoms with Crippen LogP contribution in [-0.4, -0.2) is 51.4 Å². The zero-order valence-electron chi connectivity index (χ0n) is 20.6. The maximum absolute atomic E-state index is 13.9. The molecule has 0 unspecified atom stereocenters. The topological polar surface area (TPSA) is 82.7 Å². The van der Waals surface area contributed by atoms with Gasteiger partial charge in [0.1, 0.15) is 0 Å². The minimum Gasteiger partial charge on any atom is -0.390 e. The molecule has 3 rings (SSSR count). The third-order valence-electron chi connectivity index (χ3n) is 6.37. The van der Waals surface area contributed by atoms with Gasteiger partial charge in [-0.15, -0.1) is 0 Å². The number of anilines is 1. The van der Waals surface area contributed by atoms with Crippen molar-refractivity contribution in [1.29, 1.82) is 0 Å². The lowest BCUT2D eigenvalue weighted by Crippen LogP contribution is -2.49. The van der Waals surface area contributed by atoms with E-state index in [0.29, 0.717) is 31.9 Å². The predicted molar refractivity (Wildman–Crippen MR) is 133 cm³/mol. The summed E-state index contributed by atoms with van der Waals surface area (Å²) in [6.07, 6.45) is 4.71. The molecule has 1 fully saturated rings. The molecular formula is C25H36BrFN4O3. The van der Waals surface area contributed by atoms with E-state index in [1.54, 1.807) is 0 Å². The molecule has 0 spiro atoms. The molecule has 1 aliphatic rings. The number of carbonyl (C=O) groups is 1. The summed E-state index contributed by atoms with van der Waals surface area (Å²) in [4.78, 5) is 21.3. The third-order valence-corrected chi connectivity index (χ3v) is 6.87. The summed E-state index contributed by atoms with van der Waals surface area (Å²) in [5.41, 5.74) is -1.51. The molecule has 1 aliphatic heterocycles. The number of nitrogens with zero attached hydrogens (tertiary/aromatic N) is 4. The van der Waals surface area contributed by atoms with Crippen LogP contribution in [0.15, 0.2) is 33.3 Å². The van der Waals surface area contributed by atoms with E-state index in [1.807, 2.05) is 47.9 Å². The Morgan fingerprint density at radius 3 is 2.53 bits per heavy atom. The molecule has 0 saturated carbocycles. The molecule has 0 radical (unpaired) electrons. The van der Waals surface area contributed by atoms with Crippen LogP contribution in [0.2, 0.25) is 0 Å². The molecule has 34 heavy (non-hydrogen) atoms. The van der Waals surface area contributed by atoms with Gasteiger partial charge in [0, 0.05) is 36.2 Å². The Morgan fingerprint density at radius 2 is 1.94 bits per heavy atom. The molecule has 1 saturated heterocycles. The van der Waals surface area contributed by atoms with E-state index in [0.717, 1.165) is 42.3 Å². The van der Waals surface area contributed by atoms with Gasteiger partial charge in [0.2, 0.25) is 0 Å². The van der Waals surface area contributed by atoms with Gasteiger partial charge in [-0.1, -0.05) is 33.6 Å². The summed E-state index contributed by atoms with van der Waals surface area (Å²) < 4.78 is 19.8. The third kappa shape index (κ3) is 7.25. The zero-order valence-corrected chi connectivity index (χ0v) is 22.1. The minimum absolute atomic E-state index is 0.000262. The van der Waals surface area contributed by atoms with Gasteiger partial charge in [-0.3, -0.25) is 4.90 Å². The van der Waals surface area contributed by atoms with Crippen LogP contribution < -0.4 is 4.90 Å². The largest absolute Gasteiger partial charge is 0.390 e. The molecule has 0 aliphatic carbocycles. The SMILES string of the molecule is CC(C)(F)c1nc(CCCCCN(C(=O)N2CCC(C(C)(C)O)CC2)c2cccc(Br)c2)no1. The molecule has 0 bridgehead atoms. The monoisotopic (exact) mass is 538 g/mol. The predicted octanol–water partition coefficient (Wildman–Crippen LogP) is 5.86.